The Morgan fingerprint density at radius 2 is 1.38 bits per heavy atom. The van der Waals surface area contributed by atoms with Crippen LogP contribution < -0.4 is 25.7 Å². The Morgan fingerprint density at radius 3 is 1.97 bits per heavy atom. The van der Waals surface area contributed by atoms with Gasteiger partial charge in [-0.1, -0.05) is 75.4 Å². The Balaban J connectivity index is 1.97. The molecule has 37 heavy (non-hydrogen) atoms. The van der Waals surface area contributed by atoms with Crippen molar-refractivity contribution in [3.05, 3.63) is 77.9 Å². The van der Waals surface area contributed by atoms with Crippen LogP contribution in [0.4, 0.5) is 0 Å². The zero-order valence-corrected chi connectivity index (χ0v) is 22.4. The maximum Gasteiger partial charge on any atom is 0.203 e. The average Bonchev–Trinajstić information content (AvgIpc) is 2.89. The molecular formula is C31H35N3O3. The minimum Gasteiger partial charge on any atom is -0.493 e. The van der Waals surface area contributed by atoms with Gasteiger partial charge >= 0.3 is 0 Å². The molecule has 0 saturated heterocycles. The highest BCUT2D eigenvalue weighted by Crippen LogP contribution is 2.46. The zero-order valence-electron chi connectivity index (χ0n) is 22.4. The van der Waals surface area contributed by atoms with Crippen LogP contribution in [0.1, 0.15) is 31.9 Å². The van der Waals surface area contributed by atoms with Crippen LogP contribution in [0.2, 0.25) is 0 Å². The predicted octanol–water partition coefficient (Wildman–Crippen LogP) is 6.27. The van der Waals surface area contributed by atoms with Gasteiger partial charge in [0, 0.05) is 5.56 Å². The quantitative estimate of drug-likeness (QED) is 0.232. The van der Waals surface area contributed by atoms with Crippen molar-refractivity contribution in [2.24, 2.45) is 16.5 Å². The van der Waals surface area contributed by atoms with E-state index in [9.17, 15) is 0 Å². The number of methoxy groups -OCH3 is 3. The van der Waals surface area contributed by atoms with Gasteiger partial charge in [-0.3, -0.25) is 0 Å². The molecule has 0 aliphatic rings. The van der Waals surface area contributed by atoms with Crippen molar-refractivity contribution < 1.29 is 14.2 Å². The highest BCUT2D eigenvalue weighted by Gasteiger charge is 2.21. The molecule has 0 radical (unpaired) electrons. The van der Waals surface area contributed by atoms with Crippen molar-refractivity contribution in [1.29, 1.82) is 0 Å². The lowest BCUT2D eigenvalue weighted by atomic mass is 9.85. The molecule has 0 amide bonds. The van der Waals surface area contributed by atoms with E-state index in [4.69, 9.17) is 25.7 Å². The first-order valence-electron chi connectivity index (χ1n) is 12.2. The first kappa shape index (κ1) is 25.9. The molecule has 0 saturated carbocycles. The third-order valence-corrected chi connectivity index (χ3v) is 6.65. The van der Waals surface area contributed by atoms with E-state index in [1.54, 1.807) is 21.3 Å². The molecule has 0 aliphatic heterocycles. The second kappa shape index (κ2) is 10.4. The molecule has 0 heterocycles. The lowest BCUT2D eigenvalue weighted by Gasteiger charge is -2.20. The van der Waals surface area contributed by atoms with Crippen LogP contribution in [0.3, 0.4) is 0 Å². The van der Waals surface area contributed by atoms with Crippen LogP contribution in [0.5, 0.6) is 17.2 Å². The molecule has 6 heteroatoms. The number of rotatable bonds is 7. The van der Waals surface area contributed by atoms with Crippen LogP contribution in [0.25, 0.3) is 33.0 Å². The molecule has 4 rings (SSSR count). The second-order valence-corrected chi connectivity index (χ2v) is 9.94. The van der Waals surface area contributed by atoms with Crippen molar-refractivity contribution in [1.82, 2.24) is 0 Å². The Kier molecular flexibility index (Phi) is 7.30. The van der Waals surface area contributed by atoms with Crippen LogP contribution in [0.15, 0.2) is 71.7 Å². The summed E-state index contributed by atoms with van der Waals surface area (Å²) in [4.78, 5) is 4.38. The van der Waals surface area contributed by atoms with Gasteiger partial charge in [0.15, 0.2) is 17.5 Å². The average molecular weight is 498 g/mol. The molecule has 4 aromatic rings. The second-order valence-electron chi connectivity index (χ2n) is 9.94. The van der Waals surface area contributed by atoms with Gasteiger partial charge in [0.1, 0.15) is 0 Å². The minimum absolute atomic E-state index is 0.0381. The molecule has 0 spiro atoms. The topological polar surface area (TPSA) is 92.1 Å². The van der Waals surface area contributed by atoms with E-state index >= 15 is 0 Å². The monoisotopic (exact) mass is 497 g/mol. The number of fused-ring (bicyclic) bond motifs is 1. The summed E-state index contributed by atoms with van der Waals surface area (Å²) < 4.78 is 16.9. The largest absolute Gasteiger partial charge is 0.493 e. The van der Waals surface area contributed by atoms with Crippen molar-refractivity contribution in [2.75, 3.05) is 21.3 Å². The van der Waals surface area contributed by atoms with Crippen LogP contribution >= 0.6 is 0 Å². The van der Waals surface area contributed by atoms with Gasteiger partial charge < -0.3 is 25.7 Å². The van der Waals surface area contributed by atoms with Crippen molar-refractivity contribution in [3.8, 4) is 39.5 Å². The Labute approximate surface area is 218 Å². The van der Waals surface area contributed by atoms with E-state index in [1.165, 1.54) is 5.56 Å². The number of nitrogens with two attached hydrogens (primary N) is 2. The zero-order chi connectivity index (χ0) is 26.7. The molecule has 0 aromatic heterocycles. The van der Waals surface area contributed by atoms with Crippen molar-refractivity contribution >= 4 is 16.7 Å². The fourth-order valence-corrected chi connectivity index (χ4v) is 4.73. The number of aliphatic imine (C=N–C) groups is 1. The molecule has 0 bridgehead atoms. The molecule has 0 fully saturated rings. The van der Waals surface area contributed by atoms with E-state index in [-0.39, 0.29) is 11.4 Å². The molecule has 6 nitrogen and oxygen atoms in total. The third-order valence-electron chi connectivity index (χ3n) is 6.65. The number of ether oxygens (including phenoxy) is 3. The third kappa shape index (κ3) is 5.05. The summed E-state index contributed by atoms with van der Waals surface area (Å²) in [6.07, 6.45) is 0. The summed E-state index contributed by atoms with van der Waals surface area (Å²) in [5.41, 5.74) is 18.0. The smallest absolute Gasteiger partial charge is 0.203 e. The van der Waals surface area contributed by atoms with Crippen LogP contribution in [-0.4, -0.2) is 27.3 Å². The van der Waals surface area contributed by atoms with Crippen molar-refractivity contribution in [2.45, 2.75) is 32.7 Å². The molecule has 0 unspecified atom stereocenters. The van der Waals surface area contributed by atoms with Gasteiger partial charge in [-0.2, -0.15) is 0 Å². The standard InChI is InChI=1S/C31H35N3O3/c1-31(2,3)20-12-10-19(11-13-20)21-8-7-9-22-23(21)14-15-24(26(22)18-34-30(32)33)25-16-17-27(35-4)29(37-6)28(25)36-5/h7-17H,18H2,1-6H3,(H4,32,33,34). The first-order chi connectivity index (χ1) is 17.7. The minimum atomic E-state index is 0.0381. The molecular weight excluding hydrogens is 462 g/mol. The van der Waals surface area contributed by atoms with Gasteiger partial charge in [0.2, 0.25) is 5.75 Å². The number of hydrogen-bond acceptors (Lipinski definition) is 4. The SMILES string of the molecule is COc1ccc(-c2ccc3c(-c4ccc(C(C)(C)C)cc4)cccc3c2CN=C(N)N)c(OC)c1OC. The molecule has 192 valence electrons. The fourth-order valence-electron chi connectivity index (χ4n) is 4.73. The number of guanidine groups is 1. The van der Waals surface area contributed by atoms with E-state index in [0.29, 0.717) is 23.8 Å². The maximum atomic E-state index is 5.80. The van der Waals surface area contributed by atoms with E-state index in [1.807, 2.05) is 12.1 Å². The Morgan fingerprint density at radius 1 is 0.703 bits per heavy atom. The van der Waals surface area contributed by atoms with E-state index in [0.717, 1.165) is 38.6 Å². The summed E-state index contributed by atoms with van der Waals surface area (Å²) in [5, 5.41) is 2.19. The van der Waals surface area contributed by atoms with Gasteiger partial charge in [-0.15, -0.1) is 0 Å². The summed E-state index contributed by atoms with van der Waals surface area (Å²) in [6, 6.07) is 23.2. The first-order valence-corrected chi connectivity index (χ1v) is 12.2. The maximum absolute atomic E-state index is 5.80. The predicted molar refractivity (Wildman–Crippen MR) is 153 cm³/mol. The Bertz CT molecular complexity index is 1450. The fraction of sp³-hybridized carbons (Fsp3) is 0.258. The van der Waals surface area contributed by atoms with Crippen LogP contribution in [-0.2, 0) is 12.0 Å². The molecule has 0 aliphatic carbocycles. The van der Waals surface area contributed by atoms with Gasteiger partial charge in [-0.05, 0) is 56.1 Å². The van der Waals surface area contributed by atoms with Crippen molar-refractivity contribution in [3.63, 3.8) is 0 Å². The van der Waals surface area contributed by atoms with E-state index < -0.39 is 0 Å². The van der Waals surface area contributed by atoms with Gasteiger partial charge in [0.25, 0.3) is 0 Å². The summed E-state index contributed by atoms with van der Waals surface area (Å²) in [7, 11) is 4.83. The highest BCUT2D eigenvalue weighted by atomic mass is 16.5. The van der Waals surface area contributed by atoms with E-state index in [2.05, 4.69) is 80.4 Å². The number of benzene rings is 4. The number of nitrogens with zero attached hydrogens (tertiary/aromatic N) is 1. The lowest BCUT2D eigenvalue weighted by Crippen LogP contribution is -2.22. The Hall–Kier alpha value is -4.19. The summed E-state index contributed by atoms with van der Waals surface area (Å²) >= 11 is 0. The summed E-state index contributed by atoms with van der Waals surface area (Å²) in [6.45, 7) is 6.98. The molecule has 0 atom stereocenters. The highest BCUT2D eigenvalue weighted by molar-refractivity contribution is 6.02. The van der Waals surface area contributed by atoms with Gasteiger partial charge in [0.05, 0.1) is 27.9 Å². The molecule has 4 N–H and O–H groups in total. The lowest BCUT2D eigenvalue weighted by molar-refractivity contribution is 0.325. The number of hydrogen-bond donors (Lipinski definition) is 2. The molecule has 4 aromatic carbocycles. The van der Waals surface area contributed by atoms with Gasteiger partial charge in [-0.25, -0.2) is 4.99 Å². The van der Waals surface area contributed by atoms with Crippen LogP contribution in [0, 0.1) is 0 Å². The summed E-state index contributed by atoms with van der Waals surface area (Å²) in [5.74, 6) is 1.75. The normalized spacial score (nSPS) is 11.3.